The van der Waals surface area contributed by atoms with Gasteiger partial charge in [-0.2, -0.15) is 13.2 Å². The normalized spacial score (nSPS) is 22.3. The summed E-state index contributed by atoms with van der Waals surface area (Å²) in [4.78, 5) is 13.0. The van der Waals surface area contributed by atoms with Crippen molar-refractivity contribution in [3.8, 4) is 11.5 Å². The highest BCUT2D eigenvalue weighted by molar-refractivity contribution is 5.85. The summed E-state index contributed by atoms with van der Waals surface area (Å²) in [6.07, 6.45) is -2.44. The molecule has 2 aliphatic heterocycles. The van der Waals surface area contributed by atoms with E-state index in [1.165, 1.54) is 13.2 Å². The molecule has 28 heavy (non-hydrogen) atoms. The molecule has 1 spiro atoms. The average Bonchev–Trinajstić information content (AvgIpc) is 3.22. The summed E-state index contributed by atoms with van der Waals surface area (Å²) in [5, 5.41) is 14.8. The van der Waals surface area contributed by atoms with E-state index in [-0.39, 0.29) is 35.0 Å². The van der Waals surface area contributed by atoms with Crippen LogP contribution < -0.4 is 14.8 Å². The fraction of sp³-hybridized carbons (Fsp3) is 0.647. The average molecular weight is 426 g/mol. The number of hydrogen-bond donors (Lipinski definition) is 1. The van der Waals surface area contributed by atoms with Crippen LogP contribution in [0, 0.1) is 15.5 Å². The molecule has 3 rings (SSSR count). The standard InChI is InChI=1S/C17H22F3N3O4.ClH/c1-26-14-6-12(8-22-5-3-16(10-22)2-4-21-9-16)13(23(24)25)7-15(14)27-11-17(18,19)20;/h6-7,21H,2-5,8-11H2,1H3;1H. The minimum atomic E-state index is -4.54. The molecule has 0 saturated carbocycles. The van der Waals surface area contributed by atoms with Gasteiger partial charge in [-0.1, -0.05) is 0 Å². The van der Waals surface area contributed by atoms with Gasteiger partial charge in [-0.3, -0.25) is 15.0 Å². The highest BCUT2D eigenvalue weighted by atomic mass is 35.5. The molecule has 0 radical (unpaired) electrons. The van der Waals surface area contributed by atoms with Crippen LogP contribution in [0.5, 0.6) is 11.5 Å². The summed E-state index contributed by atoms with van der Waals surface area (Å²) in [6, 6.07) is 2.42. The molecule has 1 unspecified atom stereocenters. The number of ether oxygens (including phenoxy) is 2. The van der Waals surface area contributed by atoms with Gasteiger partial charge in [0.05, 0.1) is 18.1 Å². The van der Waals surface area contributed by atoms with Gasteiger partial charge < -0.3 is 14.8 Å². The second-order valence-corrected chi connectivity index (χ2v) is 7.18. The number of methoxy groups -OCH3 is 1. The van der Waals surface area contributed by atoms with Crippen molar-refractivity contribution in [3.63, 3.8) is 0 Å². The Labute approximate surface area is 166 Å². The number of nitro groups is 1. The lowest BCUT2D eigenvalue weighted by Gasteiger charge is -2.23. The molecule has 7 nitrogen and oxygen atoms in total. The van der Waals surface area contributed by atoms with E-state index in [0.29, 0.717) is 12.1 Å². The SMILES string of the molecule is COc1cc(CN2CCC3(CCNC3)C2)c([N+](=O)[O-])cc1OCC(F)(F)F.Cl. The molecule has 1 N–H and O–H groups in total. The molecule has 2 heterocycles. The monoisotopic (exact) mass is 425 g/mol. The van der Waals surface area contributed by atoms with Gasteiger partial charge in [0.15, 0.2) is 18.1 Å². The van der Waals surface area contributed by atoms with E-state index in [1.807, 2.05) is 0 Å². The lowest BCUT2D eigenvalue weighted by atomic mass is 9.86. The zero-order chi connectivity index (χ0) is 19.7. The van der Waals surface area contributed by atoms with E-state index in [2.05, 4.69) is 10.2 Å². The number of nitrogens with zero attached hydrogens (tertiary/aromatic N) is 2. The van der Waals surface area contributed by atoms with Crippen molar-refractivity contribution in [1.29, 1.82) is 0 Å². The maximum atomic E-state index is 12.4. The second kappa shape index (κ2) is 8.71. The summed E-state index contributed by atoms with van der Waals surface area (Å²) in [5.41, 5.74) is 0.354. The molecule has 158 valence electrons. The molecule has 11 heteroatoms. The van der Waals surface area contributed by atoms with Crippen LogP contribution in [-0.2, 0) is 6.54 Å². The number of likely N-dealkylation sites (tertiary alicyclic amines) is 1. The number of halogens is 4. The zero-order valence-corrected chi connectivity index (χ0v) is 16.2. The fourth-order valence-corrected chi connectivity index (χ4v) is 3.87. The molecular formula is C17H23ClF3N3O4. The van der Waals surface area contributed by atoms with Gasteiger partial charge in [0.1, 0.15) is 0 Å². The fourth-order valence-electron chi connectivity index (χ4n) is 3.87. The van der Waals surface area contributed by atoms with Gasteiger partial charge in [0.2, 0.25) is 0 Å². The Bertz CT molecular complexity index is 712. The Hall–Kier alpha value is -1.78. The minimum Gasteiger partial charge on any atom is -0.493 e. The lowest BCUT2D eigenvalue weighted by Crippen LogP contribution is -2.29. The molecule has 0 aromatic heterocycles. The molecule has 2 fully saturated rings. The summed E-state index contributed by atoms with van der Waals surface area (Å²) in [7, 11) is 1.29. The third kappa shape index (κ3) is 5.18. The Kier molecular flexibility index (Phi) is 7.00. The largest absolute Gasteiger partial charge is 0.493 e. The molecular weight excluding hydrogens is 403 g/mol. The maximum Gasteiger partial charge on any atom is 0.422 e. The number of benzene rings is 1. The van der Waals surface area contributed by atoms with Crippen LogP contribution in [0.3, 0.4) is 0 Å². The number of rotatable bonds is 6. The molecule has 2 aliphatic rings. The van der Waals surface area contributed by atoms with Crippen LogP contribution in [0.25, 0.3) is 0 Å². The van der Waals surface area contributed by atoms with Gasteiger partial charge in [0, 0.05) is 25.2 Å². The van der Waals surface area contributed by atoms with E-state index in [1.54, 1.807) is 0 Å². The Balaban J connectivity index is 0.00000280. The van der Waals surface area contributed by atoms with Crippen molar-refractivity contribution < 1.29 is 27.6 Å². The third-order valence-electron chi connectivity index (χ3n) is 5.20. The second-order valence-electron chi connectivity index (χ2n) is 7.18. The van der Waals surface area contributed by atoms with Crippen LogP contribution in [0.2, 0.25) is 0 Å². The van der Waals surface area contributed by atoms with E-state index in [9.17, 15) is 23.3 Å². The highest BCUT2D eigenvalue weighted by Crippen LogP contribution is 2.39. The Morgan fingerprint density at radius 3 is 2.64 bits per heavy atom. The topological polar surface area (TPSA) is 76.9 Å². The van der Waals surface area contributed by atoms with Crippen molar-refractivity contribution in [3.05, 3.63) is 27.8 Å². The Morgan fingerprint density at radius 1 is 1.32 bits per heavy atom. The van der Waals surface area contributed by atoms with Crippen LogP contribution in [0.15, 0.2) is 12.1 Å². The minimum absolute atomic E-state index is 0. The van der Waals surface area contributed by atoms with E-state index >= 15 is 0 Å². The van der Waals surface area contributed by atoms with Crippen LogP contribution in [0.4, 0.5) is 18.9 Å². The number of hydrogen-bond acceptors (Lipinski definition) is 6. The van der Waals surface area contributed by atoms with Gasteiger partial charge in [0.25, 0.3) is 5.69 Å². The first-order chi connectivity index (χ1) is 12.7. The van der Waals surface area contributed by atoms with Crippen LogP contribution in [-0.4, -0.2) is 55.9 Å². The first-order valence-electron chi connectivity index (χ1n) is 8.69. The maximum absolute atomic E-state index is 12.4. The number of nitrogens with one attached hydrogen (secondary N) is 1. The molecule has 0 aliphatic carbocycles. The highest BCUT2D eigenvalue weighted by Gasteiger charge is 2.40. The molecule has 0 bridgehead atoms. The van der Waals surface area contributed by atoms with Gasteiger partial charge in [-0.15, -0.1) is 12.4 Å². The van der Waals surface area contributed by atoms with Crippen LogP contribution in [0.1, 0.15) is 18.4 Å². The van der Waals surface area contributed by atoms with Crippen molar-refractivity contribution >= 4 is 18.1 Å². The molecule has 1 aromatic carbocycles. The smallest absolute Gasteiger partial charge is 0.422 e. The zero-order valence-electron chi connectivity index (χ0n) is 15.4. The Morgan fingerprint density at radius 2 is 2.07 bits per heavy atom. The summed E-state index contributed by atoms with van der Waals surface area (Å²) >= 11 is 0. The number of nitro benzene ring substituents is 1. The number of alkyl halides is 3. The third-order valence-corrected chi connectivity index (χ3v) is 5.20. The first kappa shape index (κ1) is 22.5. The van der Waals surface area contributed by atoms with Gasteiger partial charge in [-0.05, 0) is 37.4 Å². The van der Waals surface area contributed by atoms with E-state index < -0.39 is 17.7 Å². The van der Waals surface area contributed by atoms with E-state index in [0.717, 1.165) is 45.1 Å². The molecule has 0 amide bonds. The lowest BCUT2D eigenvalue weighted by molar-refractivity contribution is -0.385. The predicted molar refractivity (Wildman–Crippen MR) is 98.3 cm³/mol. The predicted octanol–water partition coefficient (Wildman–Crippen LogP) is 3.15. The van der Waals surface area contributed by atoms with E-state index in [4.69, 9.17) is 9.47 Å². The van der Waals surface area contributed by atoms with Crippen molar-refractivity contribution in [2.45, 2.75) is 25.6 Å². The first-order valence-corrected chi connectivity index (χ1v) is 8.69. The molecule has 1 aromatic rings. The van der Waals surface area contributed by atoms with Crippen LogP contribution >= 0.6 is 12.4 Å². The summed E-state index contributed by atoms with van der Waals surface area (Å²) < 4.78 is 47.1. The quantitative estimate of drug-likeness (QED) is 0.557. The molecule has 1 atom stereocenters. The van der Waals surface area contributed by atoms with Crippen molar-refractivity contribution in [2.75, 3.05) is 39.9 Å². The van der Waals surface area contributed by atoms with Crippen molar-refractivity contribution in [1.82, 2.24) is 10.2 Å². The molecule has 2 saturated heterocycles. The van der Waals surface area contributed by atoms with Crippen molar-refractivity contribution in [2.24, 2.45) is 5.41 Å². The van der Waals surface area contributed by atoms with Gasteiger partial charge in [-0.25, -0.2) is 0 Å². The van der Waals surface area contributed by atoms with Gasteiger partial charge >= 0.3 is 6.18 Å². The summed E-state index contributed by atoms with van der Waals surface area (Å²) in [6.45, 7) is 2.39. The summed E-state index contributed by atoms with van der Waals surface area (Å²) in [5.74, 6) is -0.237.